The van der Waals surface area contributed by atoms with Gasteiger partial charge in [-0.1, -0.05) is 0 Å². The lowest BCUT2D eigenvalue weighted by molar-refractivity contribution is -0.118. The molecular weight excluding hydrogens is 476 g/mol. The number of aromatic nitrogens is 1. The summed E-state index contributed by atoms with van der Waals surface area (Å²) in [5.41, 5.74) is 3.50. The third-order valence-corrected chi connectivity index (χ3v) is 8.12. The highest BCUT2D eigenvalue weighted by Gasteiger charge is 2.24. The number of nitrogens with zero attached hydrogens (tertiary/aromatic N) is 2. The smallest absolute Gasteiger partial charge is 0.263 e. The van der Waals surface area contributed by atoms with E-state index in [2.05, 4.69) is 15.0 Å². The molecule has 3 aromatic rings. The number of aryl methyl sites for hydroxylation is 2. The second-order valence-corrected chi connectivity index (χ2v) is 11.0. The van der Waals surface area contributed by atoms with Crippen molar-refractivity contribution in [3.63, 3.8) is 0 Å². The van der Waals surface area contributed by atoms with E-state index >= 15 is 0 Å². The number of anilines is 3. The van der Waals surface area contributed by atoms with Crippen LogP contribution in [0.4, 0.5) is 16.5 Å². The Morgan fingerprint density at radius 2 is 2.06 bits per heavy atom. The molecule has 2 aliphatic heterocycles. The molecule has 0 saturated heterocycles. The monoisotopic (exact) mass is 498 g/mol. The Balaban J connectivity index is 1.41. The van der Waals surface area contributed by atoms with Crippen LogP contribution in [-0.2, 0) is 26.0 Å². The second kappa shape index (κ2) is 8.41. The predicted molar refractivity (Wildman–Crippen MR) is 130 cm³/mol. The first kappa shape index (κ1) is 22.4. The van der Waals surface area contributed by atoms with E-state index in [0.29, 0.717) is 30.1 Å². The zero-order valence-electron chi connectivity index (χ0n) is 18.5. The molecule has 176 valence electrons. The van der Waals surface area contributed by atoms with E-state index in [-0.39, 0.29) is 28.4 Å². The van der Waals surface area contributed by atoms with Gasteiger partial charge in [0.05, 0.1) is 16.3 Å². The number of amides is 2. The van der Waals surface area contributed by atoms with Gasteiger partial charge in [0.1, 0.15) is 5.75 Å². The molecule has 9 nitrogen and oxygen atoms in total. The zero-order valence-corrected chi connectivity index (χ0v) is 20.2. The summed E-state index contributed by atoms with van der Waals surface area (Å²) in [6.07, 6.45) is 1.49. The van der Waals surface area contributed by atoms with Crippen molar-refractivity contribution in [2.24, 2.45) is 0 Å². The quantitative estimate of drug-likeness (QED) is 0.568. The van der Waals surface area contributed by atoms with Crippen LogP contribution < -0.4 is 19.7 Å². The number of hydrogen-bond acceptors (Lipinski definition) is 7. The number of ether oxygens (including phenoxy) is 1. The van der Waals surface area contributed by atoms with Crippen molar-refractivity contribution in [3.8, 4) is 17.0 Å². The number of carbonyl (C=O) groups excluding carboxylic acids is 2. The number of sulfonamides is 1. The van der Waals surface area contributed by atoms with Gasteiger partial charge in [-0.3, -0.25) is 14.3 Å². The fourth-order valence-corrected chi connectivity index (χ4v) is 6.30. The molecule has 3 heterocycles. The maximum absolute atomic E-state index is 13.1. The Morgan fingerprint density at radius 3 is 2.85 bits per heavy atom. The minimum Gasteiger partial charge on any atom is -0.482 e. The lowest BCUT2D eigenvalue weighted by atomic mass is 10.0. The Bertz CT molecular complexity index is 1430. The standard InChI is InChI=1S/C23H22N4O5S2/c1-13-22(16-5-8-20-18(11-16)24-21(29)12-32-20)25-23(33-13)26-34(30,31)17-6-7-19-15(10-17)4-3-9-27(19)14(2)28/h5-8,10-11H,3-4,9,12H2,1-2H3,(H,24,29)(H,25,26). The third kappa shape index (κ3) is 4.12. The molecule has 2 N–H and O–H groups in total. The SMILES string of the molecule is CC(=O)N1CCCc2cc(S(=O)(=O)Nc3nc(-c4ccc5c(c4)NC(=O)CO5)c(C)s3)ccc21. The van der Waals surface area contributed by atoms with Crippen molar-refractivity contribution in [2.45, 2.75) is 31.6 Å². The summed E-state index contributed by atoms with van der Waals surface area (Å²) >= 11 is 1.23. The van der Waals surface area contributed by atoms with E-state index in [9.17, 15) is 18.0 Å². The summed E-state index contributed by atoms with van der Waals surface area (Å²) in [4.78, 5) is 30.6. The Morgan fingerprint density at radius 1 is 1.24 bits per heavy atom. The summed E-state index contributed by atoms with van der Waals surface area (Å²) in [6.45, 7) is 3.97. The molecule has 2 aromatic carbocycles. The summed E-state index contributed by atoms with van der Waals surface area (Å²) in [7, 11) is -3.87. The van der Waals surface area contributed by atoms with Gasteiger partial charge in [0.2, 0.25) is 5.91 Å². The Hall–Kier alpha value is -3.44. The fraction of sp³-hybridized carbons (Fsp3) is 0.261. The molecule has 11 heteroatoms. The average Bonchev–Trinajstić information content (AvgIpc) is 3.16. The largest absolute Gasteiger partial charge is 0.482 e. The molecule has 0 unspecified atom stereocenters. The van der Waals surface area contributed by atoms with Crippen LogP contribution in [0.2, 0.25) is 0 Å². The second-order valence-electron chi connectivity index (χ2n) is 8.14. The van der Waals surface area contributed by atoms with Gasteiger partial charge in [-0.2, -0.15) is 0 Å². The van der Waals surface area contributed by atoms with Crippen LogP contribution in [0.3, 0.4) is 0 Å². The molecule has 5 rings (SSSR count). The molecule has 0 radical (unpaired) electrons. The number of hydrogen-bond donors (Lipinski definition) is 2. The Kier molecular flexibility index (Phi) is 5.53. The molecule has 34 heavy (non-hydrogen) atoms. The lowest BCUT2D eigenvalue weighted by Gasteiger charge is -2.28. The minimum atomic E-state index is -3.87. The van der Waals surface area contributed by atoms with Gasteiger partial charge >= 0.3 is 0 Å². The van der Waals surface area contributed by atoms with Crippen LogP contribution >= 0.6 is 11.3 Å². The van der Waals surface area contributed by atoms with Crippen molar-refractivity contribution in [1.29, 1.82) is 0 Å². The average molecular weight is 499 g/mol. The van der Waals surface area contributed by atoms with Gasteiger partial charge in [-0.25, -0.2) is 13.4 Å². The summed E-state index contributed by atoms with van der Waals surface area (Å²) in [6, 6.07) is 10.2. The van der Waals surface area contributed by atoms with Crippen LogP contribution in [0.5, 0.6) is 5.75 Å². The maximum Gasteiger partial charge on any atom is 0.263 e. The van der Waals surface area contributed by atoms with Gasteiger partial charge in [0, 0.05) is 29.6 Å². The van der Waals surface area contributed by atoms with Crippen LogP contribution in [0.1, 0.15) is 23.8 Å². The highest BCUT2D eigenvalue weighted by atomic mass is 32.2. The molecule has 0 bridgehead atoms. The van der Waals surface area contributed by atoms with Crippen molar-refractivity contribution in [1.82, 2.24) is 4.98 Å². The van der Waals surface area contributed by atoms with Crippen molar-refractivity contribution >= 4 is 49.7 Å². The topological polar surface area (TPSA) is 118 Å². The van der Waals surface area contributed by atoms with E-state index < -0.39 is 10.0 Å². The van der Waals surface area contributed by atoms with E-state index in [1.54, 1.807) is 29.2 Å². The van der Waals surface area contributed by atoms with E-state index in [1.807, 2.05) is 13.0 Å². The zero-order chi connectivity index (χ0) is 24.0. The predicted octanol–water partition coefficient (Wildman–Crippen LogP) is 3.55. The third-order valence-electron chi connectivity index (χ3n) is 5.76. The Labute approximate surface area is 200 Å². The fourth-order valence-electron chi connectivity index (χ4n) is 4.18. The molecular formula is C23H22N4O5S2. The maximum atomic E-state index is 13.1. The van der Waals surface area contributed by atoms with E-state index in [1.165, 1.54) is 24.3 Å². The van der Waals surface area contributed by atoms with Gasteiger partial charge in [0.15, 0.2) is 11.7 Å². The highest BCUT2D eigenvalue weighted by Crippen LogP contribution is 2.37. The normalized spacial score (nSPS) is 15.1. The molecule has 0 fully saturated rings. The highest BCUT2D eigenvalue weighted by molar-refractivity contribution is 7.93. The first-order valence-electron chi connectivity index (χ1n) is 10.7. The summed E-state index contributed by atoms with van der Waals surface area (Å²) in [5.74, 6) is 0.284. The van der Waals surface area contributed by atoms with E-state index in [4.69, 9.17) is 4.74 Å². The number of benzene rings is 2. The molecule has 0 aliphatic carbocycles. The number of rotatable bonds is 4. The molecule has 2 aliphatic rings. The first-order valence-corrected chi connectivity index (χ1v) is 13.0. The first-order chi connectivity index (χ1) is 16.2. The molecule has 1 aromatic heterocycles. The number of nitrogens with one attached hydrogen (secondary N) is 2. The molecule has 0 saturated carbocycles. The van der Waals surface area contributed by atoms with Gasteiger partial charge in [-0.15, -0.1) is 11.3 Å². The molecule has 0 atom stereocenters. The summed E-state index contributed by atoms with van der Waals surface area (Å²) in [5, 5.41) is 3.01. The molecule has 2 amide bonds. The lowest BCUT2D eigenvalue weighted by Crippen LogP contribution is -2.33. The van der Waals surface area contributed by atoms with E-state index in [0.717, 1.165) is 28.1 Å². The van der Waals surface area contributed by atoms with Crippen LogP contribution in [0.15, 0.2) is 41.3 Å². The van der Waals surface area contributed by atoms with Gasteiger partial charge in [0.25, 0.3) is 15.9 Å². The minimum absolute atomic E-state index is 0.0243. The number of fused-ring (bicyclic) bond motifs is 2. The number of thiazole rings is 1. The van der Waals surface area contributed by atoms with Crippen LogP contribution in [0, 0.1) is 6.92 Å². The van der Waals surface area contributed by atoms with Crippen molar-refractivity contribution in [2.75, 3.05) is 28.1 Å². The summed E-state index contributed by atoms with van der Waals surface area (Å²) < 4.78 is 34.2. The van der Waals surface area contributed by atoms with Crippen molar-refractivity contribution in [3.05, 3.63) is 46.8 Å². The van der Waals surface area contributed by atoms with Crippen LogP contribution in [0.25, 0.3) is 11.3 Å². The van der Waals surface area contributed by atoms with Gasteiger partial charge in [-0.05, 0) is 61.7 Å². The van der Waals surface area contributed by atoms with Crippen LogP contribution in [-0.4, -0.2) is 38.4 Å². The van der Waals surface area contributed by atoms with Crippen molar-refractivity contribution < 1.29 is 22.7 Å². The van der Waals surface area contributed by atoms with Gasteiger partial charge < -0.3 is 15.0 Å². The molecule has 0 spiro atoms. The number of carbonyl (C=O) groups is 2.